The quantitative estimate of drug-likeness (QED) is 0.198. The van der Waals surface area contributed by atoms with Crippen molar-refractivity contribution < 1.29 is 9.47 Å². The van der Waals surface area contributed by atoms with Gasteiger partial charge in [-0.2, -0.15) is 0 Å². The van der Waals surface area contributed by atoms with Gasteiger partial charge in [-0.25, -0.2) is 0 Å². The number of halogens is 1. The van der Waals surface area contributed by atoms with E-state index >= 15 is 0 Å². The number of guanidine groups is 1. The molecule has 0 aliphatic heterocycles. The molecule has 0 aromatic heterocycles. The van der Waals surface area contributed by atoms with Crippen LogP contribution in [0.1, 0.15) is 40.5 Å². The summed E-state index contributed by atoms with van der Waals surface area (Å²) < 4.78 is 11.0. The number of nitrogens with one attached hydrogen (secondary N) is 2. The van der Waals surface area contributed by atoms with Crippen LogP contribution in [0.3, 0.4) is 0 Å². The summed E-state index contributed by atoms with van der Waals surface area (Å²) in [6.45, 7) is 14.0. The first-order valence-electron chi connectivity index (χ1n) is 9.76. The average molecular weight is 492 g/mol. The summed E-state index contributed by atoms with van der Waals surface area (Å²) in [5.41, 5.74) is 0.928. The van der Waals surface area contributed by atoms with Crippen LogP contribution >= 0.6 is 24.0 Å². The molecule has 6 nitrogen and oxygen atoms in total. The van der Waals surface area contributed by atoms with Crippen molar-refractivity contribution in [1.82, 2.24) is 10.2 Å². The molecule has 0 fully saturated rings. The van der Waals surface area contributed by atoms with Gasteiger partial charge >= 0.3 is 0 Å². The van der Waals surface area contributed by atoms with Crippen LogP contribution < -0.4 is 20.1 Å². The molecule has 0 heterocycles. The second-order valence-corrected chi connectivity index (χ2v) is 5.92. The van der Waals surface area contributed by atoms with E-state index in [2.05, 4.69) is 41.3 Å². The molecule has 156 valence electrons. The van der Waals surface area contributed by atoms with Crippen LogP contribution in [0.5, 0.6) is 11.5 Å². The maximum absolute atomic E-state index is 5.64. The van der Waals surface area contributed by atoms with Crippen molar-refractivity contribution >= 4 is 35.6 Å². The minimum atomic E-state index is 0. The molecule has 0 bridgehead atoms. The minimum absolute atomic E-state index is 0. The van der Waals surface area contributed by atoms with Gasteiger partial charge in [-0.1, -0.05) is 13.8 Å². The van der Waals surface area contributed by atoms with Gasteiger partial charge < -0.3 is 25.0 Å². The third-order valence-electron chi connectivity index (χ3n) is 4.12. The number of nitrogens with zero attached hydrogens (tertiary/aromatic N) is 2. The molecule has 0 aliphatic rings. The molecular formula is C20H37IN4O2. The van der Waals surface area contributed by atoms with Gasteiger partial charge in [-0.05, 0) is 58.5 Å². The largest absolute Gasteiger partial charge is 0.493 e. The van der Waals surface area contributed by atoms with Crippen molar-refractivity contribution in [3.05, 3.63) is 18.2 Å². The lowest BCUT2D eigenvalue weighted by Gasteiger charge is -2.17. The number of methoxy groups -OCH3 is 1. The number of rotatable bonds is 12. The first kappa shape index (κ1) is 25.8. The van der Waals surface area contributed by atoms with E-state index in [0.717, 1.165) is 62.3 Å². The highest BCUT2D eigenvalue weighted by molar-refractivity contribution is 14.0. The zero-order valence-corrected chi connectivity index (χ0v) is 19.8. The number of anilines is 1. The summed E-state index contributed by atoms with van der Waals surface area (Å²) in [6.07, 6.45) is 2.25. The molecular weight excluding hydrogens is 455 g/mol. The Morgan fingerprint density at radius 1 is 1.07 bits per heavy atom. The summed E-state index contributed by atoms with van der Waals surface area (Å²) in [4.78, 5) is 7.12. The Balaban J connectivity index is 0.00000676. The van der Waals surface area contributed by atoms with Gasteiger partial charge in [0.05, 0.1) is 13.7 Å². The smallest absolute Gasteiger partial charge is 0.195 e. The van der Waals surface area contributed by atoms with Gasteiger partial charge in [-0.15, -0.1) is 24.0 Å². The summed E-state index contributed by atoms with van der Waals surface area (Å²) in [7, 11) is 1.65. The molecule has 1 aromatic carbocycles. The van der Waals surface area contributed by atoms with Gasteiger partial charge in [0.2, 0.25) is 0 Å². The van der Waals surface area contributed by atoms with Crippen LogP contribution in [0.4, 0.5) is 5.69 Å². The Labute approximate surface area is 182 Å². The van der Waals surface area contributed by atoms with Gasteiger partial charge in [0.1, 0.15) is 0 Å². The number of benzene rings is 1. The van der Waals surface area contributed by atoms with Crippen LogP contribution in [-0.4, -0.2) is 57.3 Å². The lowest BCUT2D eigenvalue weighted by Crippen LogP contribution is -2.30. The molecule has 0 saturated carbocycles. The van der Waals surface area contributed by atoms with E-state index in [1.807, 2.05) is 25.1 Å². The van der Waals surface area contributed by atoms with Crippen LogP contribution in [0.2, 0.25) is 0 Å². The second kappa shape index (κ2) is 15.8. The molecule has 0 atom stereocenters. The number of hydrogen-bond donors (Lipinski definition) is 2. The predicted octanol–water partition coefficient (Wildman–Crippen LogP) is 4.21. The van der Waals surface area contributed by atoms with Gasteiger partial charge in [0, 0.05) is 24.8 Å². The topological polar surface area (TPSA) is 58.1 Å². The summed E-state index contributed by atoms with van der Waals surface area (Å²) >= 11 is 0. The molecule has 0 saturated heterocycles. The van der Waals surface area contributed by atoms with Crippen LogP contribution in [0, 0.1) is 0 Å². The number of ether oxygens (including phenoxy) is 2. The third-order valence-corrected chi connectivity index (χ3v) is 4.12. The highest BCUT2D eigenvalue weighted by Crippen LogP contribution is 2.30. The van der Waals surface area contributed by atoms with E-state index in [1.54, 1.807) is 7.11 Å². The molecule has 2 N–H and O–H groups in total. The molecule has 1 aromatic rings. The second-order valence-electron chi connectivity index (χ2n) is 5.92. The lowest BCUT2D eigenvalue weighted by atomic mass is 10.2. The van der Waals surface area contributed by atoms with Gasteiger partial charge in [0.25, 0.3) is 0 Å². The predicted molar refractivity (Wildman–Crippen MR) is 126 cm³/mol. The number of unbranched alkanes of at least 4 members (excludes halogenated alkanes) is 1. The number of hydrogen-bond acceptors (Lipinski definition) is 4. The highest BCUT2D eigenvalue weighted by atomic mass is 127. The maximum Gasteiger partial charge on any atom is 0.195 e. The summed E-state index contributed by atoms with van der Waals surface area (Å²) in [5, 5.41) is 6.63. The van der Waals surface area contributed by atoms with Crippen LogP contribution in [0.25, 0.3) is 0 Å². The Kier molecular flexibility index (Phi) is 15.1. The first-order valence-corrected chi connectivity index (χ1v) is 9.76. The molecule has 27 heavy (non-hydrogen) atoms. The Bertz CT molecular complexity index is 537. The van der Waals surface area contributed by atoms with E-state index in [0.29, 0.717) is 6.61 Å². The van der Waals surface area contributed by atoms with Crippen molar-refractivity contribution in [3.8, 4) is 11.5 Å². The fourth-order valence-corrected chi connectivity index (χ4v) is 2.64. The normalized spacial score (nSPS) is 11.1. The fourth-order valence-electron chi connectivity index (χ4n) is 2.64. The van der Waals surface area contributed by atoms with Crippen molar-refractivity contribution in [1.29, 1.82) is 0 Å². The van der Waals surface area contributed by atoms with Crippen LogP contribution in [0.15, 0.2) is 23.2 Å². The van der Waals surface area contributed by atoms with E-state index in [1.165, 1.54) is 6.42 Å². The lowest BCUT2D eigenvalue weighted by molar-refractivity contribution is 0.298. The van der Waals surface area contributed by atoms with Crippen molar-refractivity contribution in [3.63, 3.8) is 0 Å². The molecule has 0 unspecified atom stereocenters. The molecule has 7 heteroatoms. The van der Waals surface area contributed by atoms with Gasteiger partial charge in [-0.3, -0.25) is 4.99 Å². The van der Waals surface area contributed by atoms with E-state index in [9.17, 15) is 0 Å². The van der Waals surface area contributed by atoms with E-state index in [4.69, 9.17) is 9.47 Å². The standard InChI is InChI=1S/C20H36N4O2.HI/c1-6-21-20(22-14-10-11-15-24(7-2)8-3)23-17-12-13-18(25-5)19(16-17)26-9-4;/h12-13,16H,6-11,14-15H2,1-5H3,(H2,21,22,23);1H. The molecule has 0 radical (unpaired) electrons. The van der Waals surface area contributed by atoms with Crippen LogP contribution in [-0.2, 0) is 0 Å². The van der Waals surface area contributed by atoms with E-state index < -0.39 is 0 Å². The average Bonchev–Trinajstić information content (AvgIpc) is 2.65. The minimum Gasteiger partial charge on any atom is -0.493 e. The zero-order chi connectivity index (χ0) is 19.2. The SMILES string of the molecule is CCNC(=NCCCCN(CC)CC)Nc1ccc(OC)c(OCC)c1.I. The zero-order valence-electron chi connectivity index (χ0n) is 17.5. The Morgan fingerprint density at radius 2 is 1.81 bits per heavy atom. The molecule has 0 amide bonds. The molecule has 0 aliphatic carbocycles. The van der Waals surface area contributed by atoms with Crippen molar-refractivity contribution in [2.24, 2.45) is 4.99 Å². The molecule has 0 spiro atoms. The van der Waals surface area contributed by atoms with E-state index in [-0.39, 0.29) is 24.0 Å². The third kappa shape index (κ3) is 10.0. The van der Waals surface area contributed by atoms with Crippen molar-refractivity contribution in [2.75, 3.05) is 51.8 Å². The summed E-state index contributed by atoms with van der Waals surface area (Å²) in [6, 6.07) is 5.81. The van der Waals surface area contributed by atoms with Crippen molar-refractivity contribution in [2.45, 2.75) is 40.5 Å². The number of aliphatic imine (C=N–C) groups is 1. The highest BCUT2D eigenvalue weighted by Gasteiger charge is 2.07. The first-order chi connectivity index (χ1) is 12.7. The van der Waals surface area contributed by atoms with Gasteiger partial charge in [0.15, 0.2) is 17.5 Å². The summed E-state index contributed by atoms with van der Waals surface area (Å²) in [5.74, 6) is 2.26. The maximum atomic E-state index is 5.64. The molecule has 1 rings (SSSR count). The Morgan fingerprint density at radius 3 is 2.41 bits per heavy atom. The monoisotopic (exact) mass is 492 g/mol. The Hall–Kier alpha value is -1.22. The fraction of sp³-hybridized carbons (Fsp3) is 0.650.